The lowest BCUT2D eigenvalue weighted by atomic mass is 9.77. The number of fused-ring (bicyclic) bond motifs is 3. The second-order valence-corrected chi connectivity index (χ2v) is 6.39. The number of para-hydroxylation sites is 1. The summed E-state index contributed by atoms with van der Waals surface area (Å²) in [5.41, 5.74) is 3.56. The summed E-state index contributed by atoms with van der Waals surface area (Å²) in [4.78, 5) is 0. The van der Waals surface area contributed by atoms with Crippen LogP contribution in [0.4, 0.5) is 5.69 Å². The number of ether oxygens (including phenoxy) is 1. The Labute approximate surface area is 142 Å². The highest BCUT2D eigenvalue weighted by Crippen LogP contribution is 2.52. The molecule has 0 aromatic heterocycles. The fourth-order valence-electron chi connectivity index (χ4n) is 3.87. The zero-order valence-electron chi connectivity index (χ0n) is 13.5. The molecule has 0 saturated heterocycles. The lowest BCUT2D eigenvalue weighted by Crippen LogP contribution is -2.29. The minimum absolute atomic E-state index is 0.201. The summed E-state index contributed by atoms with van der Waals surface area (Å²) in [5.74, 6) is 2.05. The van der Waals surface area contributed by atoms with Crippen LogP contribution in [0.3, 0.4) is 0 Å². The quantitative estimate of drug-likeness (QED) is 0.797. The van der Waals surface area contributed by atoms with Crippen LogP contribution in [0.25, 0.3) is 0 Å². The number of aromatic hydroxyl groups is 1. The molecular weight excluding hydrogens is 298 g/mol. The molecule has 24 heavy (non-hydrogen) atoms. The van der Waals surface area contributed by atoms with Crippen molar-refractivity contribution in [2.24, 2.45) is 5.92 Å². The van der Waals surface area contributed by atoms with Crippen LogP contribution in [0.2, 0.25) is 0 Å². The number of phenolic OH excluding ortho intramolecular Hbond substituents is 1. The molecule has 1 heterocycles. The Morgan fingerprint density at radius 2 is 2.04 bits per heavy atom. The molecule has 3 atom stereocenters. The molecule has 0 amide bonds. The standard InChI is InChI=1S/C21H21NO2/c1-2-13-24-19-8-4-7-18-16-5-3-6-17(16)20(22-21(18)19)14-9-11-15(23)12-10-14/h2-5,7-12,16-17,20,22-23H,1,6,13H2. The lowest BCUT2D eigenvalue weighted by molar-refractivity contribution is 0.358. The second kappa shape index (κ2) is 6.08. The Hall–Kier alpha value is -2.68. The van der Waals surface area contributed by atoms with Gasteiger partial charge in [-0.25, -0.2) is 0 Å². The number of nitrogens with one attached hydrogen (secondary N) is 1. The van der Waals surface area contributed by atoms with E-state index < -0.39 is 0 Å². The Bertz CT molecular complexity index is 779. The van der Waals surface area contributed by atoms with Crippen LogP contribution >= 0.6 is 0 Å². The SMILES string of the molecule is C=CCOc1cccc2c1NC(c1ccc(O)cc1)C1CC=CC21. The second-order valence-electron chi connectivity index (χ2n) is 6.39. The number of benzene rings is 2. The van der Waals surface area contributed by atoms with Gasteiger partial charge in [0.05, 0.1) is 11.7 Å². The van der Waals surface area contributed by atoms with E-state index in [0.717, 1.165) is 17.9 Å². The van der Waals surface area contributed by atoms with Gasteiger partial charge in [-0.2, -0.15) is 0 Å². The number of anilines is 1. The summed E-state index contributed by atoms with van der Waals surface area (Å²) >= 11 is 0. The molecule has 0 radical (unpaired) electrons. The van der Waals surface area contributed by atoms with Crippen molar-refractivity contribution in [3.63, 3.8) is 0 Å². The van der Waals surface area contributed by atoms with E-state index in [1.807, 2.05) is 18.2 Å². The van der Waals surface area contributed by atoms with Gasteiger partial charge in [-0.1, -0.05) is 49.1 Å². The number of rotatable bonds is 4. The highest BCUT2D eigenvalue weighted by atomic mass is 16.5. The molecule has 1 aliphatic carbocycles. The highest BCUT2D eigenvalue weighted by Gasteiger charge is 2.38. The summed E-state index contributed by atoms with van der Waals surface area (Å²) in [6.07, 6.45) is 7.41. The van der Waals surface area contributed by atoms with Crippen molar-refractivity contribution in [3.05, 3.63) is 78.4 Å². The van der Waals surface area contributed by atoms with Crippen LogP contribution in [0.15, 0.2) is 67.3 Å². The van der Waals surface area contributed by atoms with Crippen LogP contribution in [-0.4, -0.2) is 11.7 Å². The minimum Gasteiger partial charge on any atom is -0.508 e. The molecule has 2 N–H and O–H groups in total. The third-order valence-electron chi connectivity index (χ3n) is 4.97. The molecule has 3 nitrogen and oxygen atoms in total. The van der Waals surface area contributed by atoms with Crippen molar-refractivity contribution >= 4 is 5.69 Å². The van der Waals surface area contributed by atoms with E-state index >= 15 is 0 Å². The van der Waals surface area contributed by atoms with Crippen molar-refractivity contribution in [3.8, 4) is 11.5 Å². The average molecular weight is 319 g/mol. The minimum atomic E-state index is 0.201. The third-order valence-corrected chi connectivity index (χ3v) is 4.97. The maximum atomic E-state index is 9.58. The fourth-order valence-corrected chi connectivity index (χ4v) is 3.87. The van der Waals surface area contributed by atoms with Gasteiger partial charge >= 0.3 is 0 Å². The van der Waals surface area contributed by atoms with E-state index in [2.05, 4.69) is 36.2 Å². The van der Waals surface area contributed by atoms with Gasteiger partial charge in [0, 0.05) is 5.92 Å². The first-order valence-corrected chi connectivity index (χ1v) is 8.36. The van der Waals surface area contributed by atoms with E-state index in [-0.39, 0.29) is 6.04 Å². The van der Waals surface area contributed by atoms with Crippen LogP contribution in [-0.2, 0) is 0 Å². The van der Waals surface area contributed by atoms with E-state index in [1.165, 1.54) is 11.1 Å². The average Bonchev–Trinajstić information content (AvgIpc) is 3.10. The summed E-state index contributed by atoms with van der Waals surface area (Å²) < 4.78 is 5.86. The van der Waals surface area contributed by atoms with Gasteiger partial charge in [-0.3, -0.25) is 0 Å². The fraction of sp³-hybridized carbons (Fsp3) is 0.238. The zero-order chi connectivity index (χ0) is 16.5. The van der Waals surface area contributed by atoms with Gasteiger partial charge < -0.3 is 15.2 Å². The first kappa shape index (κ1) is 14.9. The highest BCUT2D eigenvalue weighted by molar-refractivity contribution is 5.67. The molecule has 3 heteroatoms. The van der Waals surface area contributed by atoms with E-state index in [4.69, 9.17) is 4.74 Å². The van der Waals surface area contributed by atoms with Crippen molar-refractivity contribution < 1.29 is 9.84 Å². The Morgan fingerprint density at radius 1 is 1.21 bits per heavy atom. The van der Waals surface area contributed by atoms with Crippen LogP contribution < -0.4 is 10.1 Å². The number of hydrogen-bond donors (Lipinski definition) is 2. The molecule has 122 valence electrons. The van der Waals surface area contributed by atoms with E-state index in [1.54, 1.807) is 18.2 Å². The van der Waals surface area contributed by atoms with Crippen molar-refractivity contribution in [1.82, 2.24) is 0 Å². The van der Waals surface area contributed by atoms with Crippen LogP contribution in [0.5, 0.6) is 11.5 Å². The molecule has 2 aromatic rings. The Kier molecular flexibility index (Phi) is 3.77. The molecule has 0 spiro atoms. The van der Waals surface area contributed by atoms with Gasteiger partial charge in [0.1, 0.15) is 18.1 Å². The van der Waals surface area contributed by atoms with Gasteiger partial charge in [0.2, 0.25) is 0 Å². The molecule has 0 saturated carbocycles. The van der Waals surface area contributed by atoms with Crippen LogP contribution in [0, 0.1) is 5.92 Å². The topological polar surface area (TPSA) is 41.5 Å². The summed E-state index contributed by atoms with van der Waals surface area (Å²) in [6, 6.07) is 14.0. The Morgan fingerprint density at radius 3 is 2.83 bits per heavy atom. The van der Waals surface area contributed by atoms with Gasteiger partial charge in [0.15, 0.2) is 0 Å². The first-order chi connectivity index (χ1) is 11.8. The molecule has 2 aliphatic rings. The van der Waals surface area contributed by atoms with Crippen molar-refractivity contribution in [1.29, 1.82) is 0 Å². The molecule has 4 rings (SSSR count). The molecule has 2 aromatic carbocycles. The van der Waals surface area contributed by atoms with E-state index in [9.17, 15) is 5.11 Å². The predicted octanol–water partition coefficient (Wildman–Crippen LogP) is 4.78. The van der Waals surface area contributed by atoms with Crippen molar-refractivity contribution in [2.75, 3.05) is 11.9 Å². The zero-order valence-corrected chi connectivity index (χ0v) is 13.5. The van der Waals surface area contributed by atoms with Gasteiger partial charge in [-0.05, 0) is 41.7 Å². The number of hydrogen-bond acceptors (Lipinski definition) is 3. The summed E-state index contributed by atoms with van der Waals surface area (Å²) in [6.45, 7) is 4.22. The molecule has 0 fully saturated rings. The smallest absolute Gasteiger partial charge is 0.143 e. The Balaban J connectivity index is 1.76. The molecule has 3 unspecified atom stereocenters. The normalized spacial score (nSPS) is 23.9. The van der Waals surface area contributed by atoms with Gasteiger partial charge in [0.25, 0.3) is 0 Å². The molecule has 0 bridgehead atoms. The number of phenols is 1. The van der Waals surface area contributed by atoms with E-state index in [0.29, 0.717) is 24.2 Å². The van der Waals surface area contributed by atoms with Crippen molar-refractivity contribution in [2.45, 2.75) is 18.4 Å². The lowest BCUT2D eigenvalue weighted by Gasteiger charge is -2.38. The largest absolute Gasteiger partial charge is 0.508 e. The van der Waals surface area contributed by atoms with Crippen LogP contribution in [0.1, 0.15) is 29.5 Å². The molecule has 1 aliphatic heterocycles. The third kappa shape index (κ3) is 2.46. The summed E-state index contributed by atoms with van der Waals surface area (Å²) in [7, 11) is 0. The predicted molar refractivity (Wildman–Crippen MR) is 96.6 cm³/mol. The maximum Gasteiger partial charge on any atom is 0.143 e. The molecular formula is C21H21NO2. The first-order valence-electron chi connectivity index (χ1n) is 8.36. The van der Waals surface area contributed by atoms with Gasteiger partial charge in [-0.15, -0.1) is 0 Å². The summed E-state index contributed by atoms with van der Waals surface area (Å²) in [5, 5.41) is 13.3. The maximum absolute atomic E-state index is 9.58. The monoisotopic (exact) mass is 319 g/mol. The number of allylic oxidation sites excluding steroid dienone is 2.